The molecule has 0 radical (unpaired) electrons. The van der Waals surface area contributed by atoms with Gasteiger partial charge >= 0.3 is 5.97 Å². The third-order valence-electron chi connectivity index (χ3n) is 2.65. The molecule has 2 atom stereocenters. The molecule has 1 amide bonds. The monoisotopic (exact) mass is 230 g/mol. The van der Waals surface area contributed by atoms with Gasteiger partial charge in [-0.2, -0.15) is 0 Å². The quantitative estimate of drug-likeness (QED) is 0.589. The summed E-state index contributed by atoms with van der Waals surface area (Å²) in [7, 11) is 0. The Morgan fingerprint density at radius 2 is 2.31 bits per heavy atom. The van der Waals surface area contributed by atoms with Crippen molar-refractivity contribution in [2.75, 3.05) is 13.2 Å². The molecule has 1 aliphatic heterocycles. The molecule has 0 spiro atoms. The highest BCUT2D eigenvalue weighted by molar-refractivity contribution is 5.82. The fourth-order valence-corrected chi connectivity index (χ4v) is 1.57. The first-order valence-corrected chi connectivity index (χ1v) is 5.30. The fourth-order valence-electron chi connectivity index (χ4n) is 1.57. The van der Waals surface area contributed by atoms with Crippen LogP contribution in [0.25, 0.3) is 0 Å². The van der Waals surface area contributed by atoms with Gasteiger partial charge in [0, 0.05) is 13.0 Å². The summed E-state index contributed by atoms with van der Waals surface area (Å²) in [6.45, 7) is 2.99. The van der Waals surface area contributed by atoms with Crippen molar-refractivity contribution < 1.29 is 19.4 Å². The number of carbonyl (C=O) groups excluding carboxylic acids is 1. The van der Waals surface area contributed by atoms with Crippen LogP contribution in [0.5, 0.6) is 0 Å². The number of aliphatic carboxylic acids is 1. The average Bonchev–Trinajstić information content (AvgIpc) is 2.61. The summed E-state index contributed by atoms with van der Waals surface area (Å²) in [5.41, 5.74) is 5.22. The lowest BCUT2D eigenvalue weighted by Crippen LogP contribution is -2.52. The van der Waals surface area contributed by atoms with E-state index >= 15 is 0 Å². The molecule has 1 saturated heterocycles. The standard InChI is InChI=1S/C10H18N2O4/c1-10(4-5-16-6-10)12-9(15)7(11)2-3-8(13)14/h7H,2-6,11H2,1H3,(H,12,15)(H,13,14). The van der Waals surface area contributed by atoms with Crippen molar-refractivity contribution >= 4 is 11.9 Å². The SMILES string of the molecule is CC1(NC(=O)C(N)CCC(=O)O)CCOC1. The Bertz CT molecular complexity index is 274. The zero-order valence-electron chi connectivity index (χ0n) is 9.36. The zero-order valence-corrected chi connectivity index (χ0v) is 9.36. The smallest absolute Gasteiger partial charge is 0.303 e. The van der Waals surface area contributed by atoms with E-state index in [1.54, 1.807) is 0 Å². The van der Waals surface area contributed by atoms with E-state index in [9.17, 15) is 9.59 Å². The Labute approximate surface area is 94.1 Å². The van der Waals surface area contributed by atoms with Crippen molar-refractivity contribution in [3.8, 4) is 0 Å². The van der Waals surface area contributed by atoms with E-state index in [2.05, 4.69) is 5.32 Å². The van der Waals surface area contributed by atoms with Crippen LogP contribution in [0.2, 0.25) is 0 Å². The normalized spacial score (nSPS) is 26.4. The molecule has 1 fully saturated rings. The molecule has 1 rings (SSSR count). The maximum absolute atomic E-state index is 11.6. The second kappa shape index (κ2) is 5.27. The van der Waals surface area contributed by atoms with Crippen molar-refractivity contribution in [1.82, 2.24) is 5.32 Å². The van der Waals surface area contributed by atoms with Crippen LogP contribution in [0.15, 0.2) is 0 Å². The van der Waals surface area contributed by atoms with E-state index in [0.29, 0.717) is 13.2 Å². The molecule has 1 aliphatic rings. The molecule has 2 unspecified atom stereocenters. The lowest BCUT2D eigenvalue weighted by Gasteiger charge is -2.25. The van der Waals surface area contributed by atoms with Gasteiger partial charge in [-0.25, -0.2) is 0 Å². The van der Waals surface area contributed by atoms with E-state index in [1.807, 2.05) is 6.92 Å². The Kier molecular flexibility index (Phi) is 4.26. The van der Waals surface area contributed by atoms with Crippen LogP contribution in [0, 0.1) is 0 Å². The summed E-state index contributed by atoms with van der Waals surface area (Å²) in [6, 6.07) is -0.770. The molecule has 6 heteroatoms. The van der Waals surface area contributed by atoms with Gasteiger partial charge < -0.3 is 20.9 Å². The second-order valence-electron chi connectivity index (χ2n) is 4.39. The highest BCUT2D eigenvalue weighted by atomic mass is 16.5. The van der Waals surface area contributed by atoms with Gasteiger partial charge in [-0.15, -0.1) is 0 Å². The highest BCUT2D eigenvalue weighted by Gasteiger charge is 2.32. The maximum atomic E-state index is 11.6. The van der Waals surface area contributed by atoms with Crippen LogP contribution >= 0.6 is 0 Å². The number of amides is 1. The lowest BCUT2D eigenvalue weighted by atomic mass is 10.0. The number of nitrogens with one attached hydrogen (secondary N) is 1. The number of hydrogen-bond acceptors (Lipinski definition) is 4. The zero-order chi connectivity index (χ0) is 12.2. The minimum Gasteiger partial charge on any atom is -0.481 e. The summed E-state index contributed by atoms with van der Waals surface area (Å²) in [4.78, 5) is 22.0. The molecule has 0 saturated carbocycles. The van der Waals surface area contributed by atoms with Gasteiger partial charge in [0.1, 0.15) is 0 Å². The van der Waals surface area contributed by atoms with Gasteiger partial charge in [0.2, 0.25) is 5.91 Å². The molecule has 0 bridgehead atoms. The number of carbonyl (C=O) groups is 2. The molecule has 16 heavy (non-hydrogen) atoms. The Hall–Kier alpha value is -1.14. The van der Waals surface area contributed by atoms with E-state index in [4.69, 9.17) is 15.6 Å². The highest BCUT2D eigenvalue weighted by Crippen LogP contribution is 2.17. The molecule has 0 aliphatic carbocycles. The molecule has 0 aromatic heterocycles. The van der Waals surface area contributed by atoms with Crippen molar-refractivity contribution in [1.29, 1.82) is 0 Å². The molecule has 4 N–H and O–H groups in total. The number of ether oxygens (including phenoxy) is 1. The van der Waals surface area contributed by atoms with Crippen molar-refractivity contribution in [3.63, 3.8) is 0 Å². The predicted octanol–water partition coefficient (Wildman–Crippen LogP) is -0.526. The number of nitrogens with two attached hydrogens (primary N) is 1. The first-order valence-electron chi connectivity index (χ1n) is 5.30. The van der Waals surface area contributed by atoms with Crippen LogP contribution in [-0.2, 0) is 14.3 Å². The van der Waals surface area contributed by atoms with Gasteiger partial charge in [-0.1, -0.05) is 0 Å². The van der Waals surface area contributed by atoms with Crippen LogP contribution in [0.4, 0.5) is 0 Å². The van der Waals surface area contributed by atoms with Gasteiger partial charge in [-0.3, -0.25) is 9.59 Å². The van der Waals surface area contributed by atoms with E-state index in [1.165, 1.54) is 0 Å². The fraction of sp³-hybridized carbons (Fsp3) is 0.800. The van der Waals surface area contributed by atoms with E-state index in [-0.39, 0.29) is 24.3 Å². The molecule has 6 nitrogen and oxygen atoms in total. The molecule has 92 valence electrons. The van der Waals surface area contributed by atoms with Crippen molar-refractivity contribution in [3.05, 3.63) is 0 Å². The summed E-state index contributed by atoms with van der Waals surface area (Å²) in [5, 5.41) is 11.3. The van der Waals surface area contributed by atoms with Gasteiger partial charge in [0.15, 0.2) is 0 Å². The first kappa shape index (κ1) is 12.9. The van der Waals surface area contributed by atoms with Gasteiger partial charge in [0.05, 0.1) is 18.2 Å². The minimum atomic E-state index is -0.946. The number of hydrogen-bond donors (Lipinski definition) is 3. The average molecular weight is 230 g/mol. The molecule has 1 heterocycles. The van der Waals surface area contributed by atoms with Crippen LogP contribution in [-0.4, -0.2) is 41.8 Å². The summed E-state index contributed by atoms with van der Waals surface area (Å²) < 4.78 is 5.19. The minimum absolute atomic E-state index is 0.0954. The molecular weight excluding hydrogens is 212 g/mol. The van der Waals surface area contributed by atoms with Crippen molar-refractivity contribution in [2.24, 2.45) is 5.73 Å². The molecule has 0 aromatic carbocycles. The van der Waals surface area contributed by atoms with E-state index < -0.39 is 12.0 Å². The van der Waals surface area contributed by atoms with E-state index in [0.717, 1.165) is 6.42 Å². The summed E-state index contributed by atoms with van der Waals surface area (Å²) >= 11 is 0. The van der Waals surface area contributed by atoms with Crippen LogP contribution in [0.3, 0.4) is 0 Å². The Morgan fingerprint density at radius 3 is 2.81 bits per heavy atom. The Morgan fingerprint density at radius 1 is 1.62 bits per heavy atom. The predicted molar refractivity (Wildman–Crippen MR) is 56.8 cm³/mol. The molecular formula is C10H18N2O4. The lowest BCUT2D eigenvalue weighted by molar-refractivity contribution is -0.137. The summed E-state index contributed by atoms with van der Waals surface area (Å²) in [5.74, 6) is -1.26. The second-order valence-corrected chi connectivity index (χ2v) is 4.39. The number of carboxylic acids is 1. The van der Waals surface area contributed by atoms with Crippen molar-refractivity contribution in [2.45, 2.75) is 37.8 Å². The first-order chi connectivity index (χ1) is 7.43. The van der Waals surface area contributed by atoms with Gasteiger partial charge in [0.25, 0.3) is 0 Å². The number of carboxylic acid groups (broad SMARTS) is 1. The van der Waals surface area contributed by atoms with Gasteiger partial charge in [-0.05, 0) is 19.8 Å². The Balaban J connectivity index is 2.36. The topological polar surface area (TPSA) is 102 Å². The maximum Gasteiger partial charge on any atom is 0.303 e. The molecule has 0 aromatic rings. The van der Waals surface area contributed by atoms with Crippen LogP contribution < -0.4 is 11.1 Å². The summed E-state index contributed by atoms with van der Waals surface area (Å²) in [6.07, 6.45) is 0.810. The van der Waals surface area contributed by atoms with Crippen LogP contribution in [0.1, 0.15) is 26.2 Å². The largest absolute Gasteiger partial charge is 0.481 e. The third-order valence-corrected chi connectivity index (χ3v) is 2.65. The third kappa shape index (κ3) is 3.79. The number of rotatable bonds is 5.